The predicted molar refractivity (Wildman–Crippen MR) is 134 cm³/mol. The number of nitrogens with one attached hydrogen (secondary N) is 2. The summed E-state index contributed by atoms with van der Waals surface area (Å²) in [5.74, 6) is -1.68. The minimum atomic E-state index is -1.08. The van der Waals surface area contributed by atoms with Gasteiger partial charge in [-0.2, -0.15) is 5.10 Å². The molecule has 3 heterocycles. The van der Waals surface area contributed by atoms with Crippen molar-refractivity contribution in [2.75, 3.05) is 5.73 Å². The lowest BCUT2D eigenvalue weighted by atomic mass is 10.0. The molecule has 36 heavy (non-hydrogen) atoms. The Kier molecular flexibility index (Phi) is 6.01. The van der Waals surface area contributed by atoms with Gasteiger partial charge in [0.1, 0.15) is 0 Å². The second-order valence-corrected chi connectivity index (χ2v) is 8.25. The van der Waals surface area contributed by atoms with E-state index >= 15 is 0 Å². The van der Waals surface area contributed by atoms with Crippen molar-refractivity contribution in [3.63, 3.8) is 0 Å². The maximum absolute atomic E-state index is 13.0. The molecule has 5 N–H and O–H groups in total. The molecule has 178 valence electrons. The molecule has 0 fully saturated rings. The topological polar surface area (TPSA) is 160 Å². The molecule has 0 aliphatic carbocycles. The molecular weight excluding hydrogens is 482 g/mol. The molecule has 5 aromatic rings. The minimum absolute atomic E-state index is 0.0419. The Balaban J connectivity index is 1.53. The van der Waals surface area contributed by atoms with E-state index in [2.05, 4.69) is 30.5 Å². The number of rotatable bonds is 6. The van der Waals surface area contributed by atoms with Crippen LogP contribution in [0.3, 0.4) is 0 Å². The normalized spacial score (nSPS) is 10.9. The molecule has 0 unspecified atom stereocenters. The van der Waals surface area contributed by atoms with Crippen molar-refractivity contribution >= 4 is 40.2 Å². The maximum atomic E-state index is 13.0. The average Bonchev–Trinajstić information content (AvgIpc) is 3.37. The molecule has 0 bridgehead atoms. The van der Waals surface area contributed by atoms with E-state index in [-0.39, 0.29) is 23.6 Å². The standard InChI is InChI=1S/C25H18ClN7O3/c26-18-9-15(8-16-11-30-33-19(16)18)21-20(13-4-2-1-3-5-13)32-23(27)22(31-21)24(34)29-12-17-7-6-14(10-28-17)25(35)36/h1-11H,12H2,(H2,27,32)(H,29,34)(H,30,33)(H,35,36). The number of aromatic carboxylic acids is 1. The first-order valence-electron chi connectivity index (χ1n) is 10.7. The molecule has 2 aromatic carbocycles. The van der Waals surface area contributed by atoms with Crippen molar-refractivity contribution in [1.82, 2.24) is 30.5 Å². The smallest absolute Gasteiger partial charge is 0.337 e. The summed E-state index contributed by atoms with van der Waals surface area (Å²) in [5.41, 5.74) is 9.65. The quantitative estimate of drug-likeness (QED) is 0.273. The fourth-order valence-corrected chi connectivity index (χ4v) is 3.94. The molecule has 0 spiro atoms. The lowest BCUT2D eigenvalue weighted by molar-refractivity contribution is 0.0696. The summed E-state index contributed by atoms with van der Waals surface area (Å²) < 4.78 is 0. The summed E-state index contributed by atoms with van der Waals surface area (Å²) in [4.78, 5) is 37.2. The van der Waals surface area contributed by atoms with Crippen molar-refractivity contribution in [3.05, 3.63) is 89.0 Å². The second kappa shape index (κ2) is 9.43. The SMILES string of the molecule is Nc1nc(-c2ccccc2)c(-c2cc(Cl)c3[nH]ncc3c2)nc1C(=O)NCc1ccc(C(=O)O)cn1. The minimum Gasteiger partial charge on any atom is -0.478 e. The van der Waals surface area contributed by atoms with Gasteiger partial charge in [-0.15, -0.1) is 0 Å². The Morgan fingerprint density at radius 2 is 1.78 bits per heavy atom. The van der Waals surface area contributed by atoms with Crippen LogP contribution in [-0.2, 0) is 6.54 Å². The number of nitrogens with two attached hydrogens (primary N) is 1. The summed E-state index contributed by atoms with van der Waals surface area (Å²) >= 11 is 6.47. The Labute approximate surface area is 209 Å². The highest BCUT2D eigenvalue weighted by atomic mass is 35.5. The van der Waals surface area contributed by atoms with Crippen molar-refractivity contribution < 1.29 is 14.7 Å². The number of carboxylic acids is 1. The number of hydrogen-bond acceptors (Lipinski definition) is 7. The monoisotopic (exact) mass is 499 g/mol. The van der Waals surface area contributed by atoms with Gasteiger partial charge in [0.15, 0.2) is 11.5 Å². The number of carboxylic acid groups (broad SMARTS) is 1. The van der Waals surface area contributed by atoms with Gasteiger partial charge in [-0.3, -0.25) is 14.9 Å². The van der Waals surface area contributed by atoms with Gasteiger partial charge in [0.05, 0.1) is 45.9 Å². The van der Waals surface area contributed by atoms with Crippen LogP contribution in [-0.4, -0.2) is 42.1 Å². The number of carbonyl (C=O) groups excluding carboxylic acids is 1. The van der Waals surface area contributed by atoms with E-state index in [0.717, 1.165) is 10.9 Å². The molecular formula is C25H18ClN7O3. The van der Waals surface area contributed by atoms with E-state index < -0.39 is 11.9 Å². The molecule has 0 atom stereocenters. The average molecular weight is 500 g/mol. The highest BCUT2D eigenvalue weighted by Crippen LogP contribution is 2.34. The third-order valence-electron chi connectivity index (χ3n) is 5.46. The van der Waals surface area contributed by atoms with Crippen molar-refractivity contribution in [1.29, 1.82) is 0 Å². The molecule has 0 saturated carbocycles. The van der Waals surface area contributed by atoms with E-state index in [4.69, 9.17) is 22.4 Å². The molecule has 0 radical (unpaired) electrons. The molecule has 11 heteroatoms. The number of nitrogen functional groups attached to an aromatic ring is 1. The van der Waals surface area contributed by atoms with E-state index in [0.29, 0.717) is 33.2 Å². The molecule has 0 aliphatic rings. The van der Waals surface area contributed by atoms with Crippen LogP contribution in [0.1, 0.15) is 26.5 Å². The number of amides is 1. The maximum Gasteiger partial charge on any atom is 0.337 e. The number of H-pyrrole nitrogens is 1. The molecule has 5 rings (SSSR count). The van der Waals surface area contributed by atoms with Gasteiger partial charge in [-0.1, -0.05) is 41.9 Å². The van der Waals surface area contributed by atoms with Gasteiger partial charge in [-0.25, -0.2) is 14.8 Å². The first-order chi connectivity index (χ1) is 17.4. The van der Waals surface area contributed by atoms with Crippen LogP contribution >= 0.6 is 11.6 Å². The number of anilines is 1. The number of pyridine rings is 1. The van der Waals surface area contributed by atoms with Crippen LogP contribution in [0.25, 0.3) is 33.4 Å². The third kappa shape index (κ3) is 4.44. The van der Waals surface area contributed by atoms with Crippen LogP contribution in [0.5, 0.6) is 0 Å². The number of carbonyl (C=O) groups is 2. The molecule has 0 aliphatic heterocycles. The van der Waals surface area contributed by atoms with Gasteiger partial charge in [-0.05, 0) is 24.3 Å². The number of fused-ring (bicyclic) bond motifs is 1. The third-order valence-corrected chi connectivity index (χ3v) is 5.76. The summed E-state index contributed by atoms with van der Waals surface area (Å²) in [5, 5.41) is 19.8. The lowest BCUT2D eigenvalue weighted by Gasteiger charge is -2.14. The van der Waals surface area contributed by atoms with Crippen LogP contribution < -0.4 is 11.1 Å². The zero-order chi connectivity index (χ0) is 25.2. The van der Waals surface area contributed by atoms with Crippen LogP contribution in [0.4, 0.5) is 5.82 Å². The predicted octanol–water partition coefficient (Wildman–Crippen LogP) is 3.95. The van der Waals surface area contributed by atoms with Gasteiger partial charge in [0, 0.05) is 22.7 Å². The second-order valence-electron chi connectivity index (χ2n) is 7.84. The van der Waals surface area contributed by atoms with Crippen LogP contribution in [0.15, 0.2) is 67.0 Å². The zero-order valence-electron chi connectivity index (χ0n) is 18.6. The van der Waals surface area contributed by atoms with Crippen molar-refractivity contribution in [3.8, 4) is 22.5 Å². The Hall–Kier alpha value is -4.83. The number of nitrogens with zero attached hydrogens (tertiary/aromatic N) is 4. The van der Waals surface area contributed by atoms with E-state index in [1.54, 1.807) is 12.3 Å². The van der Waals surface area contributed by atoms with Crippen molar-refractivity contribution in [2.24, 2.45) is 0 Å². The number of hydrogen-bond donors (Lipinski definition) is 4. The highest BCUT2D eigenvalue weighted by molar-refractivity contribution is 6.35. The number of halogens is 1. The highest BCUT2D eigenvalue weighted by Gasteiger charge is 2.21. The number of aromatic nitrogens is 5. The zero-order valence-corrected chi connectivity index (χ0v) is 19.3. The van der Waals surface area contributed by atoms with Crippen molar-refractivity contribution in [2.45, 2.75) is 6.54 Å². The Morgan fingerprint density at radius 1 is 1.00 bits per heavy atom. The fraction of sp³-hybridized carbons (Fsp3) is 0.0400. The first-order valence-corrected chi connectivity index (χ1v) is 11.1. The summed E-state index contributed by atoms with van der Waals surface area (Å²) in [6.07, 6.45) is 2.87. The van der Waals surface area contributed by atoms with Gasteiger partial charge in [0.2, 0.25) is 0 Å². The fourth-order valence-electron chi connectivity index (χ4n) is 3.67. The summed E-state index contributed by atoms with van der Waals surface area (Å²) in [6.45, 7) is 0.0441. The van der Waals surface area contributed by atoms with Gasteiger partial charge >= 0.3 is 5.97 Å². The van der Waals surface area contributed by atoms with E-state index in [1.807, 2.05) is 36.4 Å². The first kappa shape index (κ1) is 22.9. The molecule has 0 saturated heterocycles. The number of aromatic amines is 1. The van der Waals surface area contributed by atoms with E-state index in [1.165, 1.54) is 18.3 Å². The Bertz CT molecular complexity index is 1600. The summed E-state index contributed by atoms with van der Waals surface area (Å²) in [6, 6.07) is 15.9. The van der Waals surface area contributed by atoms with Crippen LogP contribution in [0, 0.1) is 0 Å². The largest absolute Gasteiger partial charge is 0.478 e. The Morgan fingerprint density at radius 3 is 2.50 bits per heavy atom. The van der Waals surface area contributed by atoms with Gasteiger partial charge in [0.25, 0.3) is 5.91 Å². The van der Waals surface area contributed by atoms with Gasteiger partial charge < -0.3 is 16.2 Å². The van der Waals surface area contributed by atoms with E-state index in [9.17, 15) is 9.59 Å². The lowest BCUT2D eigenvalue weighted by Crippen LogP contribution is -2.26. The molecule has 1 amide bonds. The molecule has 3 aromatic heterocycles. The molecule has 10 nitrogen and oxygen atoms in total. The summed E-state index contributed by atoms with van der Waals surface area (Å²) in [7, 11) is 0. The van der Waals surface area contributed by atoms with Crippen LogP contribution in [0.2, 0.25) is 5.02 Å². The number of benzene rings is 2.